The predicted octanol–water partition coefficient (Wildman–Crippen LogP) is 1.34. The van der Waals surface area contributed by atoms with Crippen LogP contribution in [-0.4, -0.2) is 38.4 Å². The number of amides is 1. The molecule has 1 amide bonds. The van der Waals surface area contributed by atoms with E-state index in [2.05, 4.69) is 20.4 Å². The Balaban J connectivity index is 1.82. The minimum Gasteiger partial charge on any atom is -0.368 e. The molecule has 0 spiro atoms. The van der Waals surface area contributed by atoms with Gasteiger partial charge in [0.2, 0.25) is 5.91 Å². The Labute approximate surface area is 129 Å². The summed E-state index contributed by atoms with van der Waals surface area (Å²) in [6, 6.07) is 3.72. The number of nitrogens with zero attached hydrogens (tertiary/aromatic N) is 4. The summed E-state index contributed by atoms with van der Waals surface area (Å²) in [4.78, 5) is 20.1. The molecule has 0 radical (unpaired) electrons. The van der Waals surface area contributed by atoms with Crippen LogP contribution in [0.1, 0.15) is 26.3 Å². The van der Waals surface area contributed by atoms with Crippen LogP contribution in [0.15, 0.2) is 31.0 Å². The number of rotatable bonds is 7. The van der Waals surface area contributed by atoms with Gasteiger partial charge in [-0.1, -0.05) is 19.9 Å². The van der Waals surface area contributed by atoms with E-state index >= 15 is 0 Å². The highest BCUT2D eigenvalue weighted by molar-refractivity contribution is 5.80. The molecular formula is C15H21N5O2. The van der Waals surface area contributed by atoms with Crippen LogP contribution in [0.5, 0.6) is 0 Å². The van der Waals surface area contributed by atoms with Gasteiger partial charge in [0.15, 0.2) is 5.82 Å². The standard InChI is InChI=1S/C15H21N5O2/c1-11(2)8-22-12(3)15(21)18-7-13-4-5-14(17-6-13)20-10-16-9-19-20/h4-6,9-12H,7-8H2,1-3H3,(H,18,21). The van der Waals surface area contributed by atoms with Crippen LogP contribution >= 0.6 is 0 Å². The Morgan fingerprint density at radius 3 is 2.77 bits per heavy atom. The number of nitrogens with one attached hydrogen (secondary N) is 1. The number of aromatic nitrogens is 4. The maximum absolute atomic E-state index is 11.9. The van der Waals surface area contributed by atoms with Crippen molar-refractivity contribution in [3.8, 4) is 5.82 Å². The fourth-order valence-electron chi connectivity index (χ4n) is 1.73. The molecule has 2 heterocycles. The van der Waals surface area contributed by atoms with Crippen molar-refractivity contribution in [2.45, 2.75) is 33.4 Å². The molecule has 0 aliphatic carbocycles. The van der Waals surface area contributed by atoms with Crippen molar-refractivity contribution in [1.29, 1.82) is 0 Å². The summed E-state index contributed by atoms with van der Waals surface area (Å²) in [6.07, 6.45) is 4.29. The number of hydrogen-bond donors (Lipinski definition) is 1. The van der Waals surface area contributed by atoms with Gasteiger partial charge < -0.3 is 10.1 Å². The van der Waals surface area contributed by atoms with Crippen molar-refractivity contribution < 1.29 is 9.53 Å². The summed E-state index contributed by atoms with van der Waals surface area (Å²) in [7, 11) is 0. The van der Waals surface area contributed by atoms with E-state index in [1.807, 2.05) is 26.0 Å². The van der Waals surface area contributed by atoms with Crippen LogP contribution in [0.2, 0.25) is 0 Å². The van der Waals surface area contributed by atoms with E-state index in [0.717, 1.165) is 5.56 Å². The van der Waals surface area contributed by atoms with Crippen LogP contribution < -0.4 is 5.32 Å². The minimum absolute atomic E-state index is 0.124. The molecule has 22 heavy (non-hydrogen) atoms. The van der Waals surface area contributed by atoms with Gasteiger partial charge in [0.25, 0.3) is 0 Å². The van der Waals surface area contributed by atoms with Gasteiger partial charge in [0.1, 0.15) is 18.8 Å². The van der Waals surface area contributed by atoms with Crippen molar-refractivity contribution in [3.05, 3.63) is 36.5 Å². The third kappa shape index (κ3) is 4.63. The molecule has 0 aliphatic rings. The first kappa shape index (κ1) is 16.1. The van der Waals surface area contributed by atoms with E-state index < -0.39 is 6.10 Å². The average molecular weight is 303 g/mol. The smallest absolute Gasteiger partial charge is 0.249 e. The Bertz CT molecular complexity index is 580. The van der Waals surface area contributed by atoms with Gasteiger partial charge in [0.05, 0.1) is 0 Å². The lowest BCUT2D eigenvalue weighted by Gasteiger charge is -2.14. The fourth-order valence-corrected chi connectivity index (χ4v) is 1.73. The molecule has 1 unspecified atom stereocenters. The van der Waals surface area contributed by atoms with E-state index in [9.17, 15) is 4.79 Å². The van der Waals surface area contributed by atoms with Crippen molar-refractivity contribution in [3.63, 3.8) is 0 Å². The molecule has 0 saturated carbocycles. The Hall–Kier alpha value is -2.28. The molecule has 2 rings (SSSR count). The first-order valence-electron chi connectivity index (χ1n) is 7.25. The molecule has 2 aromatic rings. The molecule has 0 aromatic carbocycles. The number of ether oxygens (including phenoxy) is 1. The fraction of sp³-hybridized carbons (Fsp3) is 0.467. The molecule has 0 saturated heterocycles. The van der Waals surface area contributed by atoms with Gasteiger partial charge in [-0.2, -0.15) is 5.10 Å². The molecule has 1 N–H and O–H groups in total. The summed E-state index contributed by atoms with van der Waals surface area (Å²) < 4.78 is 7.05. The minimum atomic E-state index is -0.454. The second-order valence-corrected chi connectivity index (χ2v) is 5.45. The number of carbonyl (C=O) groups excluding carboxylic acids is 1. The van der Waals surface area contributed by atoms with Gasteiger partial charge in [-0.05, 0) is 24.5 Å². The summed E-state index contributed by atoms with van der Waals surface area (Å²) in [5, 5.41) is 6.84. The number of pyridine rings is 1. The summed E-state index contributed by atoms with van der Waals surface area (Å²) in [5.41, 5.74) is 0.910. The van der Waals surface area contributed by atoms with E-state index in [4.69, 9.17) is 4.74 Å². The normalized spacial score (nSPS) is 12.4. The van der Waals surface area contributed by atoms with Crippen molar-refractivity contribution >= 4 is 5.91 Å². The third-order valence-corrected chi connectivity index (χ3v) is 2.98. The first-order valence-corrected chi connectivity index (χ1v) is 7.25. The molecule has 0 fully saturated rings. The largest absolute Gasteiger partial charge is 0.368 e. The second-order valence-electron chi connectivity index (χ2n) is 5.45. The Morgan fingerprint density at radius 2 is 2.18 bits per heavy atom. The maximum Gasteiger partial charge on any atom is 0.249 e. The van der Waals surface area contributed by atoms with Gasteiger partial charge in [-0.3, -0.25) is 4.79 Å². The number of carbonyl (C=O) groups is 1. The Morgan fingerprint density at radius 1 is 1.36 bits per heavy atom. The summed E-state index contributed by atoms with van der Waals surface area (Å²) in [5.74, 6) is 0.964. The molecule has 7 heteroatoms. The molecule has 118 valence electrons. The van der Waals surface area contributed by atoms with Gasteiger partial charge in [-0.15, -0.1) is 0 Å². The van der Waals surface area contributed by atoms with Crippen molar-refractivity contribution in [2.75, 3.05) is 6.61 Å². The SMILES string of the molecule is CC(C)COC(C)C(=O)NCc1ccc(-n2cncn2)nc1. The van der Waals surface area contributed by atoms with Gasteiger partial charge in [0, 0.05) is 19.3 Å². The van der Waals surface area contributed by atoms with Crippen molar-refractivity contribution in [2.24, 2.45) is 5.92 Å². The molecule has 0 bridgehead atoms. The van der Waals surface area contributed by atoms with Crippen LogP contribution in [0.3, 0.4) is 0 Å². The highest BCUT2D eigenvalue weighted by Gasteiger charge is 2.13. The summed E-state index contributed by atoms with van der Waals surface area (Å²) in [6.45, 7) is 6.84. The monoisotopic (exact) mass is 303 g/mol. The summed E-state index contributed by atoms with van der Waals surface area (Å²) >= 11 is 0. The zero-order valence-corrected chi connectivity index (χ0v) is 13.1. The molecule has 0 aliphatic heterocycles. The van der Waals surface area contributed by atoms with Crippen LogP contribution in [0.4, 0.5) is 0 Å². The second kappa shape index (κ2) is 7.65. The highest BCUT2D eigenvalue weighted by atomic mass is 16.5. The van der Waals surface area contributed by atoms with Crippen molar-refractivity contribution in [1.82, 2.24) is 25.1 Å². The Kier molecular flexibility index (Phi) is 5.60. The molecular weight excluding hydrogens is 282 g/mol. The lowest BCUT2D eigenvalue weighted by Crippen LogP contribution is -2.34. The predicted molar refractivity (Wildman–Crippen MR) is 81.3 cm³/mol. The van der Waals surface area contributed by atoms with E-state index in [-0.39, 0.29) is 5.91 Å². The lowest BCUT2D eigenvalue weighted by atomic mass is 10.2. The van der Waals surface area contributed by atoms with E-state index in [1.54, 1.807) is 24.1 Å². The van der Waals surface area contributed by atoms with E-state index in [0.29, 0.717) is 24.9 Å². The maximum atomic E-state index is 11.9. The quantitative estimate of drug-likeness (QED) is 0.834. The molecule has 1 atom stereocenters. The van der Waals surface area contributed by atoms with E-state index in [1.165, 1.54) is 6.33 Å². The first-order chi connectivity index (χ1) is 10.6. The average Bonchev–Trinajstić information content (AvgIpc) is 3.05. The zero-order chi connectivity index (χ0) is 15.9. The van der Waals surface area contributed by atoms with Crippen LogP contribution in [-0.2, 0) is 16.1 Å². The van der Waals surface area contributed by atoms with Gasteiger partial charge >= 0.3 is 0 Å². The highest BCUT2D eigenvalue weighted by Crippen LogP contribution is 2.04. The zero-order valence-electron chi connectivity index (χ0n) is 13.1. The topological polar surface area (TPSA) is 81.9 Å². The third-order valence-electron chi connectivity index (χ3n) is 2.98. The number of hydrogen-bond acceptors (Lipinski definition) is 5. The van der Waals surface area contributed by atoms with Gasteiger partial charge in [-0.25, -0.2) is 14.6 Å². The molecule has 7 nitrogen and oxygen atoms in total. The lowest BCUT2D eigenvalue weighted by molar-refractivity contribution is -0.132. The van der Waals surface area contributed by atoms with Crippen LogP contribution in [0.25, 0.3) is 5.82 Å². The molecule has 2 aromatic heterocycles. The van der Waals surface area contributed by atoms with Crippen LogP contribution in [0, 0.1) is 5.92 Å².